The molecule has 0 aromatic carbocycles. The molecule has 0 spiro atoms. The van der Waals surface area contributed by atoms with Gasteiger partial charge in [0.25, 0.3) is 5.19 Å². The molecule has 5 nitrogen and oxygen atoms in total. The summed E-state index contributed by atoms with van der Waals surface area (Å²) >= 11 is 1.23. The van der Waals surface area contributed by atoms with Crippen LogP contribution < -0.4 is 10.5 Å². The number of nitrogens with two attached hydrogens (primary N) is 1. The summed E-state index contributed by atoms with van der Waals surface area (Å²) in [5.41, 5.74) is 6.33. The molecule has 0 saturated heterocycles. The van der Waals surface area contributed by atoms with Gasteiger partial charge in [0.1, 0.15) is 0 Å². The van der Waals surface area contributed by atoms with Crippen LogP contribution in [0.2, 0.25) is 0 Å². The molecule has 0 radical (unpaired) electrons. The third-order valence-electron chi connectivity index (χ3n) is 3.06. The lowest BCUT2D eigenvalue weighted by Crippen LogP contribution is -1.99. The summed E-state index contributed by atoms with van der Waals surface area (Å²) in [7, 11) is 0. The monoisotopic (exact) mass is 276 g/mol. The Morgan fingerprint density at radius 1 is 1.58 bits per heavy atom. The number of hydrogen-bond acceptors (Lipinski definition) is 6. The number of allylic oxidation sites excluding steroid dienone is 3. The molecule has 100 valence electrons. The minimum absolute atomic E-state index is 0.222. The van der Waals surface area contributed by atoms with Gasteiger partial charge >= 0.3 is 0 Å². The van der Waals surface area contributed by atoms with Gasteiger partial charge in [-0.05, 0) is 43.1 Å². The summed E-state index contributed by atoms with van der Waals surface area (Å²) in [6.07, 6.45) is 8.75. The fraction of sp³-hybridized carbons (Fsp3) is 0.462. The van der Waals surface area contributed by atoms with Crippen molar-refractivity contribution in [3.63, 3.8) is 0 Å². The molecular formula is C13H16N4OS. The number of anilines is 1. The van der Waals surface area contributed by atoms with Crippen LogP contribution in [0.5, 0.6) is 5.19 Å². The molecule has 1 aliphatic rings. The molecule has 0 aliphatic heterocycles. The van der Waals surface area contributed by atoms with Gasteiger partial charge in [-0.15, -0.1) is 5.10 Å². The molecule has 1 aliphatic carbocycles. The van der Waals surface area contributed by atoms with Gasteiger partial charge in [0.2, 0.25) is 5.13 Å². The van der Waals surface area contributed by atoms with E-state index in [1.54, 1.807) is 0 Å². The lowest BCUT2D eigenvalue weighted by molar-refractivity contribution is 0.320. The number of ether oxygens (including phenoxy) is 1. The zero-order valence-corrected chi connectivity index (χ0v) is 11.6. The third-order valence-corrected chi connectivity index (χ3v) is 3.72. The molecular weight excluding hydrogens is 260 g/mol. The first kappa shape index (κ1) is 13.6. The fourth-order valence-electron chi connectivity index (χ4n) is 1.83. The molecule has 2 N–H and O–H groups in total. The maximum Gasteiger partial charge on any atom is 0.295 e. The Kier molecular flexibility index (Phi) is 4.17. The van der Waals surface area contributed by atoms with Crippen molar-refractivity contribution < 1.29 is 4.74 Å². The van der Waals surface area contributed by atoms with Crippen LogP contribution in [0.1, 0.15) is 26.2 Å². The van der Waals surface area contributed by atoms with Crippen molar-refractivity contribution >= 4 is 16.5 Å². The molecule has 1 fully saturated rings. The van der Waals surface area contributed by atoms with Crippen molar-refractivity contribution in [3.05, 3.63) is 23.8 Å². The van der Waals surface area contributed by atoms with E-state index >= 15 is 0 Å². The topological polar surface area (TPSA) is 84.8 Å². The first-order valence-electron chi connectivity index (χ1n) is 6.16. The second-order valence-electron chi connectivity index (χ2n) is 4.38. The predicted molar refractivity (Wildman–Crippen MR) is 74.6 cm³/mol. The Labute approximate surface area is 116 Å². The van der Waals surface area contributed by atoms with Gasteiger partial charge < -0.3 is 10.5 Å². The van der Waals surface area contributed by atoms with Crippen LogP contribution >= 0.6 is 11.3 Å². The molecule has 6 heteroatoms. The average molecular weight is 276 g/mol. The van der Waals surface area contributed by atoms with E-state index in [9.17, 15) is 0 Å². The van der Waals surface area contributed by atoms with E-state index in [1.165, 1.54) is 11.3 Å². The minimum atomic E-state index is -0.222. The highest BCUT2D eigenvalue weighted by Crippen LogP contribution is 2.51. The summed E-state index contributed by atoms with van der Waals surface area (Å²) < 4.78 is 5.40. The van der Waals surface area contributed by atoms with E-state index in [-0.39, 0.29) is 5.41 Å². The van der Waals surface area contributed by atoms with Gasteiger partial charge in [-0.3, -0.25) is 0 Å². The molecule has 1 saturated carbocycles. The van der Waals surface area contributed by atoms with Crippen LogP contribution in [0, 0.1) is 16.7 Å². The first-order valence-corrected chi connectivity index (χ1v) is 6.98. The average Bonchev–Trinajstić information content (AvgIpc) is 3.11. The number of nitriles is 1. The Hall–Kier alpha value is -1.87. The molecule has 0 amide bonds. The second kappa shape index (κ2) is 5.85. The zero-order valence-electron chi connectivity index (χ0n) is 10.8. The summed E-state index contributed by atoms with van der Waals surface area (Å²) in [6.45, 7) is 2.50. The highest BCUT2D eigenvalue weighted by atomic mass is 32.1. The zero-order chi connectivity index (χ0) is 13.7. The lowest BCUT2D eigenvalue weighted by Gasteiger charge is -2.05. The first-order chi connectivity index (χ1) is 9.20. The molecule has 19 heavy (non-hydrogen) atoms. The molecule has 0 bridgehead atoms. The Balaban J connectivity index is 1.76. The van der Waals surface area contributed by atoms with Crippen LogP contribution in [0.4, 0.5) is 5.13 Å². The maximum absolute atomic E-state index is 9.14. The van der Waals surface area contributed by atoms with Crippen LogP contribution in [-0.2, 0) is 0 Å². The van der Waals surface area contributed by atoms with Crippen molar-refractivity contribution in [1.82, 2.24) is 10.2 Å². The van der Waals surface area contributed by atoms with Crippen LogP contribution in [-0.4, -0.2) is 16.8 Å². The number of nitrogens with zero attached hydrogens (tertiary/aromatic N) is 3. The van der Waals surface area contributed by atoms with Gasteiger partial charge in [0.05, 0.1) is 18.1 Å². The number of rotatable bonds is 6. The Morgan fingerprint density at radius 2 is 2.37 bits per heavy atom. The number of nitrogen functional groups attached to an aromatic ring is 1. The fourth-order valence-corrected chi connectivity index (χ4v) is 2.31. The maximum atomic E-state index is 9.14. The molecule has 0 unspecified atom stereocenters. The van der Waals surface area contributed by atoms with E-state index in [2.05, 4.69) is 16.3 Å². The number of hydrogen-bond donors (Lipinski definition) is 1. The molecule has 1 heterocycles. The molecule has 1 aromatic rings. The second-order valence-corrected chi connectivity index (χ2v) is 5.36. The molecule has 2 rings (SSSR count). The summed E-state index contributed by atoms with van der Waals surface area (Å²) in [5.74, 6) is 0. The Morgan fingerprint density at radius 3 is 2.89 bits per heavy atom. The van der Waals surface area contributed by atoms with Gasteiger partial charge in [-0.2, -0.15) is 5.26 Å². The van der Waals surface area contributed by atoms with Crippen molar-refractivity contribution in [3.8, 4) is 11.3 Å². The van der Waals surface area contributed by atoms with E-state index in [1.807, 2.05) is 25.2 Å². The van der Waals surface area contributed by atoms with E-state index in [0.717, 1.165) is 24.8 Å². The summed E-state index contributed by atoms with van der Waals surface area (Å²) in [4.78, 5) is 0. The molecule has 1 aromatic heterocycles. The van der Waals surface area contributed by atoms with E-state index < -0.39 is 0 Å². The Bertz CT molecular complexity index is 537. The number of aromatic nitrogens is 2. The van der Waals surface area contributed by atoms with Crippen molar-refractivity contribution in [2.75, 3.05) is 12.3 Å². The van der Waals surface area contributed by atoms with E-state index in [4.69, 9.17) is 15.7 Å². The normalized spacial score (nSPS) is 17.4. The van der Waals surface area contributed by atoms with Crippen LogP contribution in [0.15, 0.2) is 23.8 Å². The van der Waals surface area contributed by atoms with Crippen molar-refractivity contribution in [1.29, 1.82) is 5.26 Å². The minimum Gasteiger partial charge on any atom is -0.469 e. The summed E-state index contributed by atoms with van der Waals surface area (Å²) in [5, 5.41) is 17.5. The van der Waals surface area contributed by atoms with Crippen molar-refractivity contribution in [2.45, 2.75) is 26.2 Å². The lowest BCUT2D eigenvalue weighted by atomic mass is 9.96. The van der Waals surface area contributed by atoms with Crippen LogP contribution in [0.25, 0.3) is 0 Å². The smallest absolute Gasteiger partial charge is 0.295 e. The van der Waals surface area contributed by atoms with Crippen molar-refractivity contribution in [2.24, 2.45) is 5.41 Å². The quantitative estimate of drug-likeness (QED) is 0.637. The third kappa shape index (κ3) is 3.32. The largest absolute Gasteiger partial charge is 0.469 e. The highest BCUT2D eigenvalue weighted by molar-refractivity contribution is 7.16. The van der Waals surface area contributed by atoms with Gasteiger partial charge in [-0.1, -0.05) is 23.3 Å². The molecule has 0 atom stereocenters. The van der Waals surface area contributed by atoms with E-state index in [0.29, 0.717) is 16.9 Å². The van der Waals surface area contributed by atoms with Crippen LogP contribution in [0.3, 0.4) is 0 Å². The van der Waals surface area contributed by atoms with Gasteiger partial charge in [0, 0.05) is 0 Å². The SMILES string of the molecule is C/C=C(\C=C/CCOc1nnc(N)s1)C1(C#N)CC1. The van der Waals surface area contributed by atoms with Gasteiger partial charge in [-0.25, -0.2) is 0 Å². The summed E-state index contributed by atoms with van der Waals surface area (Å²) in [6, 6.07) is 2.39. The highest BCUT2D eigenvalue weighted by Gasteiger charge is 2.45. The standard InChI is InChI=1S/C13H16N4OS/c1-2-10(13(9-14)6-7-13)5-3-4-8-18-12-17-16-11(15)19-12/h2-3,5H,4,6-8H2,1H3,(H2,15,16)/b5-3-,10-2+. The predicted octanol–water partition coefficient (Wildman–Crippen LogP) is 2.70. The van der Waals surface area contributed by atoms with Gasteiger partial charge in [0.15, 0.2) is 0 Å².